The maximum Gasteiger partial charge on any atom is 0.276 e. The zero-order chi connectivity index (χ0) is 23.5. The van der Waals surface area contributed by atoms with Gasteiger partial charge in [-0.25, -0.2) is 13.8 Å². The molecule has 3 fully saturated rings. The summed E-state index contributed by atoms with van der Waals surface area (Å²) in [5.41, 5.74) is 7.95. The quantitative estimate of drug-likeness (QED) is 0.562. The molecule has 1 aromatic carbocycles. The first-order valence-corrected chi connectivity index (χ1v) is 13.3. The molecule has 1 aromatic heterocycles. The number of hydrogen-bond acceptors (Lipinski definition) is 8. The number of hydrazine groups is 1. The molecule has 3 saturated heterocycles. The third kappa shape index (κ3) is 4.98. The molecule has 4 heterocycles. The third-order valence-corrected chi connectivity index (χ3v) is 8.48. The van der Waals surface area contributed by atoms with Crippen molar-refractivity contribution in [3.05, 3.63) is 42.2 Å². The second kappa shape index (κ2) is 10.0. The Kier molecular flexibility index (Phi) is 6.89. The van der Waals surface area contributed by atoms with E-state index in [0.717, 1.165) is 50.6 Å². The number of carbonyl (C=O) groups is 1. The van der Waals surface area contributed by atoms with Gasteiger partial charge < -0.3 is 19.4 Å². The number of furan rings is 1. The van der Waals surface area contributed by atoms with Crippen LogP contribution in [0.3, 0.4) is 0 Å². The van der Waals surface area contributed by atoms with Crippen LogP contribution >= 0.6 is 0 Å². The van der Waals surface area contributed by atoms with Gasteiger partial charge in [0.15, 0.2) is 0 Å². The van der Waals surface area contributed by atoms with Crippen LogP contribution < -0.4 is 21.1 Å². The Morgan fingerprint density at radius 1 is 0.971 bits per heavy atom. The fourth-order valence-corrected chi connectivity index (χ4v) is 6.05. The van der Waals surface area contributed by atoms with E-state index in [-0.39, 0.29) is 36.0 Å². The Hall–Kier alpha value is -2.44. The monoisotopic (exact) mass is 489 g/mol. The second-order valence-corrected chi connectivity index (χ2v) is 10.8. The summed E-state index contributed by atoms with van der Waals surface area (Å²) in [6, 6.07) is 11.0. The number of morpholine rings is 1. The summed E-state index contributed by atoms with van der Waals surface area (Å²) in [7, 11) is -3.72. The largest absolute Gasteiger partial charge is 0.447 e. The number of rotatable bonds is 6. The minimum absolute atomic E-state index is 0.0266. The molecule has 1 unspecified atom stereocenters. The zero-order valence-corrected chi connectivity index (χ0v) is 19.9. The molecule has 3 aliphatic heterocycles. The van der Waals surface area contributed by atoms with Gasteiger partial charge in [-0.15, -0.1) is 0 Å². The topological polar surface area (TPSA) is 116 Å². The Labute approximate surface area is 199 Å². The lowest BCUT2D eigenvalue weighted by atomic mass is 9.97. The van der Waals surface area contributed by atoms with Gasteiger partial charge in [0.25, 0.3) is 10.0 Å². The first-order chi connectivity index (χ1) is 16.5. The summed E-state index contributed by atoms with van der Waals surface area (Å²) in [5, 5.41) is 2.94. The van der Waals surface area contributed by atoms with Crippen molar-refractivity contribution in [2.75, 3.05) is 56.2 Å². The molecular formula is C23H31N5O5S. The Bertz CT molecular complexity index is 1080. The minimum Gasteiger partial charge on any atom is -0.447 e. The molecule has 11 heteroatoms. The van der Waals surface area contributed by atoms with Crippen LogP contribution in [0.2, 0.25) is 0 Å². The molecule has 1 atom stereocenters. The average Bonchev–Trinajstić information content (AvgIpc) is 3.58. The van der Waals surface area contributed by atoms with Crippen molar-refractivity contribution in [3.63, 3.8) is 0 Å². The first kappa shape index (κ1) is 23.3. The highest BCUT2D eigenvalue weighted by molar-refractivity contribution is 7.89. The summed E-state index contributed by atoms with van der Waals surface area (Å²) in [6.45, 7) is 4.56. The van der Waals surface area contributed by atoms with Crippen LogP contribution in [0.5, 0.6) is 0 Å². The van der Waals surface area contributed by atoms with E-state index in [1.807, 2.05) is 24.3 Å². The van der Waals surface area contributed by atoms with Gasteiger partial charge in [0.1, 0.15) is 5.76 Å². The highest BCUT2D eigenvalue weighted by Gasteiger charge is 2.34. The number of sulfonamides is 1. The van der Waals surface area contributed by atoms with Gasteiger partial charge in [-0.05, 0) is 55.7 Å². The SMILES string of the molecule is O=C(Nc1ccc(N2CCOCC2)cc1)C1CCN(S(=O)(=O)c2ccc(C3CCNN3)o2)CC1. The van der Waals surface area contributed by atoms with E-state index in [2.05, 4.69) is 21.1 Å². The summed E-state index contributed by atoms with van der Waals surface area (Å²) in [5.74, 6) is 0.306. The molecule has 184 valence electrons. The number of carbonyl (C=O) groups excluding carboxylic acids is 1. The van der Waals surface area contributed by atoms with E-state index in [9.17, 15) is 13.2 Å². The van der Waals surface area contributed by atoms with Crippen LogP contribution in [0.4, 0.5) is 11.4 Å². The normalized spacial score (nSPS) is 22.7. The van der Waals surface area contributed by atoms with E-state index in [1.54, 1.807) is 6.07 Å². The highest BCUT2D eigenvalue weighted by Crippen LogP contribution is 2.29. The molecule has 1 amide bonds. The zero-order valence-electron chi connectivity index (χ0n) is 19.0. The number of nitrogens with one attached hydrogen (secondary N) is 3. The maximum atomic E-state index is 13.0. The summed E-state index contributed by atoms with van der Waals surface area (Å²) in [6.07, 6.45) is 1.78. The van der Waals surface area contributed by atoms with Crippen LogP contribution in [0.1, 0.15) is 31.1 Å². The fourth-order valence-electron chi connectivity index (χ4n) is 4.66. The molecule has 0 spiro atoms. The first-order valence-electron chi connectivity index (χ1n) is 11.8. The average molecular weight is 490 g/mol. The lowest BCUT2D eigenvalue weighted by Crippen LogP contribution is -2.41. The predicted octanol–water partition coefficient (Wildman–Crippen LogP) is 1.69. The second-order valence-electron chi connectivity index (χ2n) is 8.88. The van der Waals surface area contributed by atoms with Gasteiger partial charge in [-0.2, -0.15) is 4.31 Å². The minimum atomic E-state index is -3.72. The number of benzene rings is 1. The summed E-state index contributed by atoms with van der Waals surface area (Å²) < 4.78 is 38.5. The van der Waals surface area contributed by atoms with Crippen LogP contribution in [0.25, 0.3) is 0 Å². The molecule has 0 bridgehead atoms. The van der Waals surface area contributed by atoms with E-state index in [0.29, 0.717) is 18.6 Å². The van der Waals surface area contributed by atoms with Crippen molar-refractivity contribution in [1.82, 2.24) is 15.2 Å². The molecule has 5 rings (SSSR count). The number of piperidine rings is 1. The van der Waals surface area contributed by atoms with Crippen molar-refractivity contribution < 1.29 is 22.4 Å². The predicted molar refractivity (Wildman–Crippen MR) is 127 cm³/mol. The fraction of sp³-hybridized carbons (Fsp3) is 0.522. The molecule has 3 N–H and O–H groups in total. The lowest BCUT2D eigenvalue weighted by Gasteiger charge is -2.30. The molecule has 0 saturated carbocycles. The van der Waals surface area contributed by atoms with Crippen molar-refractivity contribution >= 4 is 27.3 Å². The molecule has 34 heavy (non-hydrogen) atoms. The van der Waals surface area contributed by atoms with Crippen LogP contribution in [0, 0.1) is 5.92 Å². The van der Waals surface area contributed by atoms with E-state index < -0.39 is 10.0 Å². The molecule has 2 aromatic rings. The van der Waals surface area contributed by atoms with E-state index in [4.69, 9.17) is 9.15 Å². The molecular weight excluding hydrogens is 458 g/mol. The summed E-state index contributed by atoms with van der Waals surface area (Å²) in [4.78, 5) is 15.1. The number of hydrogen-bond donors (Lipinski definition) is 3. The number of anilines is 2. The third-order valence-electron chi connectivity index (χ3n) is 6.71. The smallest absolute Gasteiger partial charge is 0.276 e. The molecule has 0 radical (unpaired) electrons. The van der Waals surface area contributed by atoms with Gasteiger partial charge in [0.05, 0.1) is 19.3 Å². The van der Waals surface area contributed by atoms with Crippen molar-refractivity contribution in [1.29, 1.82) is 0 Å². The van der Waals surface area contributed by atoms with Gasteiger partial charge in [-0.3, -0.25) is 10.2 Å². The van der Waals surface area contributed by atoms with E-state index >= 15 is 0 Å². The van der Waals surface area contributed by atoms with Gasteiger partial charge >= 0.3 is 0 Å². The van der Waals surface area contributed by atoms with Crippen LogP contribution in [0.15, 0.2) is 45.9 Å². The summed E-state index contributed by atoms with van der Waals surface area (Å²) >= 11 is 0. The van der Waals surface area contributed by atoms with Gasteiger partial charge in [0, 0.05) is 50.0 Å². The van der Waals surface area contributed by atoms with Crippen LogP contribution in [-0.2, 0) is 19.6 Å². The number of nitrogens with zero attached hydrogens (tertiary/aromatic N) is 2. The Morgan fingerprint density at radius 3 is 2.38 bits per heavy atom. The molecule has 10 nitrogen and oxygen atoms in total. The maximum absolute atomic E-state index is 13.0. The van der Waals surface area contributed by atoms with E-state index in [1.165, 1.54) is 10.4 Å². The molecule has 3 aliphatic rings. The van der Waals surface area contributed by atoms with Crippen molar-refractivity contribution in [2.24, 2.45) is 5.92 Å². The molecule has 0 aliphatic carbocycles. The van der Waals surface area contributed by atoms with Crippen molar-refractivity contribution in [2.45, 2.75) is 30.4 Å². The number of amides is 1. The Balaban J connectivity index is 1.14. The standard InChI is InChI=1S/C23H31N5O5S/c29-23(25-18-1-3-19(4-2-18)27-13-15-32-16-14-27)17-8-11-28(12-9-17)34(30,31)22-6-5-21(33-22)20-7-10-24-26-20/h1-6,17,20,24,26H,7-16H2,(H,25,29). The van der Waals surface area contributed by atoms with Crippen molar-refractivity contribution in [3.8, 4) is 0 Å². The Morgan fingerprint density at radius 2 is 1.71 bits per heavy atom. The highest BCUT2D eigenvalue weighted by atomic mass is 32.2. The van der Waals surface area contributed by atoms with Gasteiger partial charge in [0.2, 0.25) is 11.0 Å². The van der Waals surface area contributed by atoms with Crippen LogP contribution in [-0.4, -0.2) is 64.6 Å². The lowest BCUT2D eigenvalue weighted by molar-refractivity contribution is -0.120. The number of ether oxygens (including phenoxy) is 1. The van der Waals surface area contributed by atoms with Gasteiger partial charge in [-0.1, -0.05) is 0 Å².